The predicted molar refractivity (Wildman–Crippen MR) is 76.5 cm³/mol. The van der Waals surface area contributed by atoms with Gasteiger partial charge < -0.3 is 13.6 Å². The molecule has 0 radical (unpaired) electrons. The van der Waals surface area contributed by atoms with Crippen LogP contribution in [0, 0.1) is 13.8 Å². The molecule has 0 bridgehead atoms. The second-order valence-electron chi connectivity index (χ2n) is 4.90. The minimum absolute atomic E-state index is 0.0654. The number of hydrogen-bond donors (Lipinski definition) is 1. The van der Waals surface area contributed by atoms with E-state index in [4.69, 9.17) is 9.05 Å². The van der Waals surface area contributed by atoms with Crippen molar-refractivity contribution in [2.75, 3.05) is 0 Å². The molecule has 0 saturated carbocycles. The lowest BCUT2D eigenvalue weighted by molar-refractivity contribution is 0.374. The molecule has 3 rings (SSSR count). The van der Waals surface area contributed by atoms with Crippen molar-refractivity contribution in [2.24, 2.45) is 7.05 Å². The van der Waals surface area contributed by atoms with Crippen molar-refractivity contribution in [3.05, 3.63) is 29.7 Å². The van der Waals surface area contributed by atoms with Crippen LogP contribution in [0.25, 0.3) is 11.5 Å². The van der Waals surface area contributed by atoms with Crippen LogP contribution in [0.4, 0.5) is 0 Å². The van der Waals surface area contributed by atoms with Crippen LogP contribution in [0.3, 0.4) is 0 Å². The Morgan fingerprint density at radius 1 is 1.22 bits per heavy atom. The van der Waals surface area contributed by atoms with Crippen molar-refractivity contribution in [1.29, 1.82) is 0 Å². The Balaban J connectivity index is 1.72. The smallest absolute Gasteiger partial charge is 0.260 e. The topological polar surface area (TPSA) is 129 Å². The third-order valence-electron chi connectivity index (χ3n) is 3.10. The second-order valence-corrected chi connectivity index (χ2v) is 6.61. The lowest BCUT2D eigenvalue weighted by Crippen LogP contribution is -2.23. The van der Waals surface area contributed by atoms with Crippen LogP contribution < -0.4 is 4.72 Å². The summed E-state index contributed by atoms with van der Waals surface area (Å²) in [6, 6.07) is 1.65. The number of rotatable bonds is 5. The van der Waals surface area contributed by atoms with E-state index in [1.165, 1.54) is 6.20 Å². The van der Waals surface area contributed by atoms with E-state index in [0.717, 1.165) is 0 Å². The molecule has 10 nitrogen and oxygen atoms in total. The Bertz CT molecular complexity index is 919. The van der Waals surface area contributed by atoms with Crippen molar-refractivity contribution in [2.45, 2.75) is 25.4 Å². The normalized spacial score (nSPS) is 12.0. The van der Waals surface area contributed by atoms with E-state index in [-0.39, 0.29) is 23.3 Å². The Hall–Kier alpha value is -2.53. The molecule has 1 N–H and O–H groups in total. The molecule has 0 aromatic carbocycles. The minimum Gasteiger partial charge on any atom is -0.361 e. The van der Waals surface area contributed by atoms with Gasteiger partial charge in [0.15, 0.2) is 10.7 Å². The molecule has 0 saturated heterocycles. The predicted octanol–water partition coefficient (Wildman–Crippen LogP) is 0.553. The Morgan fingerprint density at radius 2 is 2.00 bits per heavy atom. The standard InChI is InChI=1S/C12H14N6O4S/c1-7-4-9(16-21-7)12-15-10(22-17-12)5-13-23(19,20)11-6-18(3)8(2)14-11/h4,6,13H,5H2,1-3H3. The van der Waals surface area contributed by atoms with Gasteiger partial charge in [-0.2, -0.15) is 4.98 Å². The molecule has 0 spiro atoms. The van der Waals surface area contributed by atoms with E-state index in [2.05, 4.69) is 25.0 Å². The van der Waals surface area contributed by atoms with Crippen LogP contribution in [0.2, 0.25) is 0 Å². The highest BCUT2D eigenvalue weighted by atomic mass is 32.2. The van der Waals surface area contributed by atoms with Gasteiger partial charge in [-0.1, -0.05) is 10.3 Å². The summed E-state index contributed by atoms with van der Waals surface area (Å²) in [7, 11) is -2.04. The molecule has 0 unspecified atom stereocenters. The summed E-state index contributed by atoms with van der Waals surface area (Å²) in [5.41, 5.74) is 0.417. The molecular weight excluding hydrogens is 324 g/mol. The zero-order valence-corrected chi connectivity index (χ0v) is 13.5. The molecule has 122 valence electrons. The van der Waals surface area contributed by atoms with E-state index in [1.807, 2.05) is 0 Å². The van der Waals surface area contributed by atoms with Crippen molar-refractivity contribution >= 4 is 10.0 Å². The zero-order chi connectivity index (χ0) is 16.6. The quantitative estimate of drug-likeness (QED) is 0.714. The summed E-state index contributed by atoms with van der Waals surface area (Å²) in [4.78, 5) is 8.03. The number of imidazole rings is 1. The highest BCUT2D eigenvalue weighted by Crippen LogP contribution is 2.15. The average molecular weight is 338 g/mol. The first-order chi connectivity index (χ1) is 10.8. The second kappa shape index (κ2) is 5.59. The number of hydrogen-bond acceptors (Lipinski definition) is 8. The molecule has 3 heterocycles. The lowest BCUT2D eigenvalue weighted by Gasteiger charge is -2.00. The van der Waals surface area contributed by atoms with Gasteiger partial charge in [0.25, 0.3) is 10.0 Å². The molecule has 0 aliphatic heterocycles. The zero-order valence-electron chi connectivity index (χ0n) is 12.6. The molecule has 0 aliphatic rings. The largest absolute Gasteiger partial charge is 0.361 e. The van der Waals surface area contributed by atoms with E-state index in [0.29, 0.717) is 17.3 Å². The van der Waals surface area contributed by atoms with Crippen LogP contribution in [0.1, 0.15) is 17.5 Å². The monoisotopic (exact) mass is 338 g/mol. The summed E-state index contributed by atoms with van der Waals surface area (Å²) in [5.74, 6) is 1.53. The van der Waals surface area contributed by atoms with E-state index in [1.54, 1.807) is 31.5 Å². The van der Waals surface area contributed by atoms with Crippen molar-refractivity contribution < 1.29 is 17.5 Å². The fraction of sp³-hybridized carbons (Fsp3) is 0.333. The molecular formula is C12H14N6O4S. The SMILES string of the molecule is Cc1cc(-c2noc(CNS(=O)(=O)c3cn(C)c(C)n3)n2)no1. The average Bonchev–Trinajstić information content (AvgIpc) is 3.19. The van der Waals surface area contributed by atoms with Crippen molar-refractivity contribution in [3.8, 4) is 11.5 Å². The third kappa shape index (κ3) is 3.14. The maximum absolute atomic E-state index is 12.1. The van der Waals surface area contributed by atoms with Gasteiger partial charge in [0, 0.05) is 19.3 Å². The molecule has 0 amide bonds. The number of nitrogens with one attached hydrogen (secondary N) is 1. The van der Waals surface area contributed by atoms with Gasteiger partial charge in [0.2, 0.25) is 11.7 Å². The van der Waals surface area contributed by atoms with Gasteiger partial charge >= 0.3 is 0 Å². The van der Waals surface area contributed by atoms with E-state index >= 15 is 0 Å². The summed E-state index contributed by atoms with van der Waals surface area (Å²) in [6.45, 7) is 3.30. The molecule has 23 heavy (non-hydrogen) atoms. The molecule has 3 aromatic rings. The molecule has 3 aromatic heterocycles. The van der Waals surface area contributed by atoms with Gasteiger partial charge in [0.1, 0.15) is 11.6 Å². The van der Waals surface area contributed by atoms with Gasteiger partial charge in [-0.25, -0.2) is 18.1 Å². The first-order valence-corrected chi connectivity index (χ1v) is 8.09. The van der Waals surface area contributed by atoms with Crippen LogP contribution in [0.15, 0.2) is 26.3 Å². The van der Waals surface area contributed by atoms with Crippen LogP contribution in [-0.4, -0.2) is 33.3 Å². The summed E-state index contributed by atoms with van der Waals surface area (Å²) >= 11 is 0. The highest BCUT2D eigenvalue weighted by molar-refractivity contribution is 7.89. The number of aryl methyl sites for hydroxylation is 3. The first kappa shape index (κ1) is 15.4. The fourth-order valence-electron chi connectivity index (χ4n) is 1.79. The molecule has 0 atom stereocenters. The summed E-state index contributed by atoms with van der Waals surface area (Å²) < 4.78 is 38.2. The van der Waals surface area contributed by atoms with Crippen molar-refractivity contribution in [3.63, 3.8) is 0 Å². The minimum atomic E-state index is -3.76. The lowest BCUT2D eigenvalue weighted by atomic mass is 10.4. The van der Waals surface area contributed by atoms with Gasteiger partial charge in [-0.3, -0.25) is 0 Å². The van der Waals surface area contributed by atoms with Crippen LogP contribution in [-0.2, 0) is 23.6 Å². The van der Waals surface area contributed by atoms with Gasteiger partial charge in [-0.15, -0.1) is 0 Å². The van der Waals surface area contributed by atoms with Gasteiger partial charge in [0.05, 0.1) is 6.54 Å². The number of sulfonamides is 1. The number of nitrogens with zero attached hydrogens (tertiary/aromatic N) is 5. The molecule has 0 aliphatic carbocycles. The third-order valence-corrected chi connectivity index (χ3v) is 4.37. The fourth-order valence-corrected chi connectivity index (χ4v) is 2.80. The Morgan fingerprint density at radius 3 is 2.61 bits per heavy atom. The Labute approximate surface area is 131 Å². The molecule has 0 fully saturated rings. The van der Waals surface area contributed by atoms with Crippen LogP contribution in [0.5, 0.6) is 0 Å². The maximum Gasteiger partial charge on any atom is 0.260 e. The highest BCUT2D eigenvalue weighted by Gasteiger charge is 2.20. The Kier molecular flexibility index (Phi) is 3.74. The van der Waals surface area contributed by atoms with E-state index in [9.17, 15) is 8.42 Å². The molecule has 11 heteroatoms. The maximum atomic E-state index is 12.1. The van der Waals surface area contributed by atoms with Gasteiger partial charge in [-0.05, 0) is 13.8 Å². The summed E-state index contributed by atoms with van der Waals surface area (Å²) in [5, 5.41) is 7.42. The first-order valence-electron chi connectivity index (χ1n) is 6.61. The van der Waals surface area contributed by atoms with E-state index < -0.39 is 10.0 Å². The van der Waals surface area contributed by atoms with Crippen LogP contribution >= 0.6 is 0 Å². The summed E-state index contributed by atoms with van der Waals surface area (Å²) in [6.07, 6.45) is 1.43. The number of aromatic nitrogens is 5. The van der Waals surface area contributed by atoms with Crippen molar-refractivity contribution in [1.82, 2.24) is 29.6 Å².